The summed E-state index contributed by atoms with van der Waals surface area (Å²) >= 11 is 0. The predicted molar refractivity (Wildman–Crippen MR) is 72.6 cm³/mol. The van der Waals surface area contributed by atoms with Crippen LogP contribution in [0, 0.1) is 0 Å². The molecule has 0 unspecified atom stereocenters. The average Bonchev–Trinajstić information content (AvgIpc) is 3.23. The van der Waals surface area contributed by atoms with Crippen LogP contribution in [0.3, 0.4) is 0 Å². The maximum atomic E-state index is 11.9. The molecule has 2 heterocycles. The van der Waals surface area contributed by atoms with E-state index in [-0.39, 0.29) is 10.6 Å². The molecule has 0 aliphatic heterocycles. The van der Waals surface area contributed by atoms with E-state index in [9.17, 15) is 13.2 Å². The van der Waals surface area contributed by atoms with Crippen molar-refractivity contribution in [1.29, 1.82) is 0 Å². The summed E-state index contributed by atoms with van der Waals surface area (Å²) in [5, 5.41) is 6.65. The van der Waals surface area contributed by atoms with Gasteiger partial charge in [0.25, 0.3) is 15.9 Å². The van der Waals surface area contributed by atoms with Crippen LogP contribution in [-0.4, -0.2) is 29.5 Å². The first-order valence-electron chi connectivity index (χ1n) is 6.34. The lowest BCUT2D eigenvalue weighted by Gasteiger charge is -2.06. The van der Waals surface area contributed by atoms with E-state index in [0.717, 1.165) is 18.5 Å². The molecule has 1 saturated carbocycles. The van der Waals surface area contributed by atoms with E-state index in [1.807, 2.05) is 4.83 Å². The molecule has 3 N–H and O–H groups in total. The Morgan fingerprint density at radius 3 is 2.86 bits per heavy atom. The monoisotopic (exact) mass is 307 g/mol. The summed E-state index contributed by atoms with van der Waals surface area (Å²) in [5.74, 6) is -0.184. The minimum atomic E-state index is -3.84. The normalized spacial score (nSPS) is 14.9. The molecule has 0 aromatic carbocycles. The van der Waals surface area contributed by atoms with Crippen molar-refractivity contribution in [2.45, 2.75) is 23.7 Å². The summed E-state index contributed by atoms with van der Waals surface area (Å²) < 4.78 is 23.8. The molecule has 21 heavy (non-hydrogen) atoms. The molecule has 9 heteroatoms. The third-order valence-electron chi connectivity index (χ3n) is 3.09. The lowest BCUT2D eigenvalue weighted by atomic mass is 10.2. The van der Waals surface area contributed by atoms with Crippen molar-refractivity contribution in [3.8, 4) is 0 Å². The largest absolute Gasteiger partial charge is 0.286 e. The Hall–Kier alpha value is -2.26. The summed E-state index contributed by atoms with van der Waals surface area (Å²) in [4.78, 5) is 17.5. The van der Waals surface area contributed by atoms with E-state index in [1.54, 1.807) is 6.07 Å². The zero-order valence-electron chi connectivity index (χ0n) is 10.9. The van der Waals surface area contributed by atoms with Gasteiger partial charge in [-0.3, -0.25) is 20.3 Å². The highest BCUT2D eigenvalue weighted by molar-refractivity contribution is 7.89. The second-order valence-electron chi connectivity index (χ2n) is 4.73. The van der Waals surface area contributed by atoms with Gasteiger partial charge in [0.1, 0.15) is 4.90 Å². The van der Waals surface area contributed by atoms with E-state index in [4.69, 9.17) is 0 Å². The van der Waals surface area contributed by atoms with E-state index in [0.29, 0.717) is 5.92 Å². The van der Waals surface area contributed by atoms with Crippen LogP contribution in [0.2, 0.25) is 0 Å². The Morgan fingerprint density at radius 2 is 2.19 bits per heavy atom. The van der Waals surface area contributed by atoms with Gasteiger partial charge in [-0.05, 0) is 31.0 Å². The van der Waals surface area contributed by atoms with Crippen molar-refractivity contribution in [3.05, 3.63) is 42.0 Å². The van der Waals surface area contributed by atoms with Gasteiger partial charge < -0.3 is 0 Å². The third-order valence-corrected chi connectivity index (χ3v) is 4.32. The van der Waals surface area contributed by atoms with Crippen LogP contribution in [0.15, 0.2) is 35.5 Å². The SMILES string of the molecule is O=C(NNS(=O)(=O)c1cccnc1)c1cc(C2CC2)[nH]n1. The number of nitrogens with zero attached hydrogens (tertiary/aromatic N) is 2. The molecule has 0 saturated heterocycles. The van der Waals surface area contributed by atoms with Crippen molar-refractivity contribution in [2.75, 3.05) is 0 Å². The fraction of sp³-hybridized carbons (Fsp3) is 0.250. The highest BCUT2D eigenvalue weighted by atomic mass is 32.2. The summed E-state index contributed by atoms with van der Waals surface area (Å²) in [6, 6.07) is 4.50. The molecule has 3 rings (SSSR count). The number of aromatic nitrogens is 3. The molecule has 1 aliphatic carbocycles. The topological polar surface area (TPSA) is 117 Å². The Bertz CT molecular complexity index is 752. The van der Waals surface area contributed by atoms with Crippen LogP contribution < -0.4 is 10.3 Å². The first-order valence-corrected chi connectivity index (χ1v) is 7.82. The molecule has 0 atom stereocenters. The van der Waals surface area contributed by atoms with Gasteiger partial charge >= 0.3 is 0 Å². The van der Waals surface area contributed by atoms with Crippen molar-refractivity contribution >= 4 is 15.9 Å². The Morgan fingerprint density at radius 1 is 1.38 bits per heavy atom. The van der Waals surface area contributed by atoms with Crippen molar-refractivity contribution < 1.29 is 13.2 Å². The number of carbonyl (C=O) groups excluding carboxylic acids is 1. The van der Waals surface area contributed by atoms with Crippen LogP contribution in [-0.2, 0) is 10.0 Å². The zero-order valence-corrected chi connectivity index (χ0v) is 11.7. The number of aromatic amines is 1. The molecule has 110 valence electrons. The fourth-order valence-corrected chi connectivity index (χ4v) is 2.60. The molecule has 1 aliphatic rings. The average molecular weight is 307 g/mol. The van der Waals surface area contributed by atoms with Crippen molar-refractivity contribution in [1.82, 2.24) is 25.4 Å². The first-order chi connectivity index (χ1) is 10.1. The van der Waals surface area contributed by atoms with E-state index >= 15 is 0 Å². The van der Waals surface area contributed by atoms with Gasteiger partial charge in [-0.25, -0.2) is 8.42 Å². The lowest BCUT2D eigenvalue weighted by molar-refractivity contribution is 0.0940. The van der Waals surface area contributed by atoms with Crippen molar-refractivity contribution in [3.63, 3.8) is 0 Å². The van der Waals surface area contributed by atoms with Crippen LogP contribution >= 0.6 is 0 Å². The molecule has 2 aromatic heterocycles. The Balaban J connectivity index is 1.65. The van der Waals surface area contributed by atoms with E-state index in [1.165, 1.54) is 24.5 Å². The zero-order chi connectivity index (χ0) is 14.9. The number of carbonyl (C=O) groups is 1. The van der Waals surface area contributed by atoms with Gasteiger partial charge in [-0.15, -0.1) is 4.83 Å². The smallest absolute Gasteiger partial charge is 0.281 e. The summed E-state index contributed by atoms with van der Waals surface area (Å²) in [5.41, 5.74) is 3.17. The Labute approximate surface area is 121 Å². The number of hydrogen-bond acceptors (Lipinski definition) is 5. The van der Waals surface area contributed by atoms with E-state index < -0.39 is 15.9 Å². The van der Waals surface area contributed by atoms with Gasteiger partial charge in [0.05, 0.1) is 0 Å². The second kappa shape index (κ2) is 5.26. The minimum absolute atomic E-state index is 0.0361. The van der Waals surface area contributed by atoms with Crippen LogP contribution in [0.1, 0.15) is 34.9 Å². The molecule has 0 radical (unpaired) electrons. The van der Waals surface area contributed by atoms with Gasteiger partial charge in [0.15, 0.2) is 5.69 Å². The number of amides is 1. The lowest BCUT2D eigenvalue weighted by Crippen LogP contribution is -2.41. The van der Waals surface area contributed by atoms with Crippen LogP contribution in [0.25, 0.3) is 0 Å². The molecule has 8 nitrogen and oxygen atoms in total. The fourth-order valence-electron chi connectivity index (χ4n) is 1.80. The molecule has 1 fully saturated rings. The second-order valence-corrected chi connectivity index (χ2v) is 6.41. The molecule has 0 spiro atoms. The van der Waals surface area contributed by atoms with Crippen LogP contribution in [0.4, 0.5) is 0 Å². The molecule has 0 bridgehead atoms. The minimum Gasteiger partial charge on any atom is -0.281 e. The number of hydrazine groups is 1. The van der Waals surface area contributed by atoms with E-state index in [2.05, 4.69) is 20.6 Å². The van der Waals surface area contributed by atoms with Gasteiger partial charge in [-0.1, -0.05) is 0 Å². The number of rotatable bonds is 5. The summed E-state index contributed by atoms with van der Waals surface area (Å²) in [7, 11) is -3.84. The number of sulfonamides is 1. The van der Waals surface area contributed by atoms with Gasteiger partial charge in [0.2, 0.25) is 0 Å². The standard InChI is InChI=1S/C12H13N5O3S/c18-12(11-6-10(14-15-11)8-3-4-8)16-17-21(19,20)9-2-1-5-13-7-9/h1-2,5-8,17H,3-4H2,(H,14,15)(H,16,18). The third kappa shape index (κ3) is 3.09. The predicted octanol–water partition coefficient (Wildman–Crippen LogP) is 0.305. The number of hydrogen-bond donors (Lipinski definition) is 3. The molecule has 2 aromatic rings. The molecular formula is C12H13N5O3S. The Kier molecular flexibility index (Phi) is 3.43. The number of H-pyrrole nitrogens is 1. The van der Waals surface area contributed by atoms with Gasteiger partial charge in [0, 0.05) is 24.0 Å². The van der Waals surface area contributed by atoms with Gasteiger partial charge in [-0.2, -0.15) is 5.10 Å². The highest BCUT2D eigenvalue weighted by Crippen LogP contribution is 2.38. The summed E-state index contributed by atoms with van der Waals surface area (Å²) in [6.07, 6.45) is 4.81. The van der Waals surface area contributed by atoms with Crippen molar-refractivity contribution in [2.24, 2.45) is 0 Å². The summed E-state index contributed by atoms with van der Waals surface area (Å²) in [6.45, 7) is 0. The maximum Gasteiger partial charge on any atom is 0.286 e. The quantitative estimate of drug-likeness (QED) is 0.687. The number of nitrogens with one attached hydrogen (secondary N) is 3. The number of pyridine rings is 1. The first kappa shape index (κ1) is 13.7. The molecular weight excluding hydrogens is 294 g/mol. The highest BCUT2D eigenvalue weighted by Gasteiger charge is 2.26. The molecule has 1 amide bonds. The van der Waals surface area contributed by atoms with Crippen LogP contribution in [0.5, 0.6) is 0 Å². The maximum absolute atomic E-state index is 11.9.